The summed E-state index contributed by atoms with van der Waals surface area (Å²) in [5, 5.41) is 20.5. The summed E-state index contributed by atoms with van der Waals surface area (Å²) in [6.45, 7) is 3.98. The number of guanidine groups is 1. The van der Waals surface area contributed by atoms with Crippen LogP contribution in [-0.4, -0.2) is 45.5 Å². The van der Waals surface area contributed by atoms with Gasteiger partial charge in [-0.15, -0.1) is 24.0 Å². The highest BCUT2D eigenvalue weighted by Crippen LogP contribution is 2.13. The van der Waals surface area contributed by atoms with Crippen molar-refractivity contribution >= 4 is 29.9 Å². The number of benzene rings is 1. The summed E-state index contributed by atoms with van der Waals surface area (Å²) < 4.78 is 1.72. The highest BCUT2D eigenvalue weighted by Gasteiger charge is 2.11. The Bertz CT molecular complexity index is 870. The molecule has 0 amide bonds. The van der Waals surface area contributed by atoms with Crippen LogP contribution in [0.5, 0.6) is 0 Å². The summed E-state index contributed by atoms with van der Waals surface area (Å²) in [5.41, 5.74) is 2.14. The van der Waals surface area contributed by atoms with Crippen molar-refractivity contribution in [3.05, 3.63) is 78.2 Å². The zero-order chi connectivity index (χ0) is 19.6. The van der Waals surface area contributed by atoms with E-state index < -0.39 is 0 Å². The second-order valence-corrected chi connectivity index (χ2v) is 6.34. The molecule has 0 radical (unpaired) electrons. The Morgan fingerprint density at radius 1 is 1.14 bits per heavy atom. The number of aromatic nitrogens is 3. The lowest BCUT2D eigenvalue weighted by atomic mass is 10.0. The minimum Gasteiger partial charge on any atom is -0.396 e. The first-order valence-corrected chi connectivity index (χ1v) is 9.43. The maximum absolute atomic E-state index is 9.74. The molecule has 0 saturated heterocycles. The molecule has 154 valence electrons. The van der Waals surface area contributed by atoms with E-state index in [2.05, 4.69) is 25.7 Å². The van der Waals surface area contributed by atoms with Crippen molar-refractivity contribution in [1.29, 1.82) is 0 Å². The fourth-order valence-electron chi connectivity index (χ4n) is 2.83. The molecule has 3 rings (SSSR count). The number of aliphatic hydroxyl groups excluding tert-OH is 1. The topological polar surface area (TPSA) is 87.4 Å². The molecular weight excluding hydrogens is 479 g/mol. The largest absolute Gasteiger partial charge is 0.396 e. The minimum absolute atomic E-state index is 0. The van der Waals surface area contributed by atoms with Crippen LogP contribution in [0.4, 0.5) is 0 Å². The smallest absolute Gasteiger partial charge is 0.191 e. The third-order valence-electron chi connectivity index (χ3n) is 4.32. The van der Waals surface area contributed by atoms with E-state index in [1.807, 2.05) is 61.7 Å². The fourth-order valence-corrected chi connectivity index (χ4v) is 2.83. The molecule has 7 nitrogen and oxygen atoms in total. The van der Waals surface area contributed by atoms with E-state index in [0.717, 1.165) is 23.5 Å². The lowest BCUT2D eigenvalue weighted by molar-refractivity contribution is 0.265. The van der Waals surface area contributed by atoms with Crippen LogP contribution in [0.15, 0.2) is 72.1 Å². The quantitative estimate of drug-likeness (QED) is 0.249. The summed E-state index contributed by atoms with van der Waals surface area (Å²) in [7, 11) is 0. The van der Waals surface area contributed by atoms with Gasteiger partial charge in [-0.3, -0.25) is 0 Å². The van der Waals surface area contributed by atoms with E-state index in [-0.39, 0.29) is 36.5 Å². The first kappa shape index (κ1) is 22.8. The van der Waals surface area contributed by atoms with Crippen LogP contribution in [0.25, 0.3) is 5.82 Å². The fraction of sp³-hybridized carbons (Fsp3) is 0.286. The molecule has 3 N–H and O–H groups in total. The van der Waals surface area contributed by atoms with Crippen LogP contribution in [0.3, 0.4) is 0 Å². The number of halogens is 1. The van der Waals surface area contributed by atoms with Gasteiger partial charge < -0.3 is 15.7 Å². The van der Waals surface area contributed by atoms with Crippen LogP contribution >= 0.6 is 24.0 Å². The van der Waals surface area contributed by atoms with Gasteiger partial charge in [0.25, 0.3) is 0 Å². The molecule has 0 fully saturated rings. The van der Waals surface area contributed by atoms with Gasteiger partial charge in [-0.2, -0.15) is 5.10 Å². The molecule has 3 aromatic rings. The SMILES string of the molecule is CCNC(=NCc1ccnc(-n2cccn2)c1)NCC(CO)c1ccccc1.I. The Kier molecular flexibility index (Phi) is 9.58. The number of aliphatic imine (C=N–C) groups is 1. The molecule has 0 aliphatic rings. The summed E-state index contributed by atoms with van der Waals surface area (Å²) in [6, 6.07) is 15.8. The van der Waals surface area contributed by atoms with Crippen molar-refractivity contribution < 1.29 is 5.11 Å². The maximum atomic E-state index is 9.74. The Morgan fingerprint density at radius 3 is 2.66 bits per heavy atom. The van der Waals surface area contributed by atoms with E-state index in [4.69, 9.17) is 0 Å². The van der Waals surface area contributed by atoms with Gasteiger partial charge in [-0.1, -0.05) is 30.3 Å². The maximum Gasteiger partial charge on any atom is 0.191 e. The second-order valence-electron chi connectivity index (χ2n) is 6.34. The third-order valence-corrected chi connectivity index (χ3v) is 4.32. The van der Waals surface area contributed by atoms with Gasteiger partial charge in [0.2, 0.25) is 0 Å². The van der Waals surface area contributed by atoms with E-state index >= 15 is 0 Å². The molecule has 8 heteroatoms. The molecule has 0 aliphatic heterocycles. The summed E-state index contributed by atoms with van der Waals surface area (Å²) >= 11 is 0. The number of pyridine rings is 1. The molecule has 0 saturated carbocycles. The van der Waals surface area contributed by atoms with Crippen molar-refractivity contribution in [2.75, 3.05) is 19.7 Å². The number of hydrogen-bond donors (Lipinski definition) is 3. The summed E-state index contributed by atoms with van der Waals surface area (Å²) in [6.07, 6.45) is 5.35. The average molecular weight is 506 g/mol. The molecule has 1 aromatic carbocycles. The van der Waals surface area contributed by atoms with Crippen LogP contribution in [0.1, 0.15) is 24.0 Å². The van der Waals surface area contributed by atoms with Crippen LogP contribution in [0, 0.1) is 0 Å². The number of hydrogen-bond acceptors (Lipinski definition) is 4. The molecule has 1 atom stereocenters. The van der Waals surface area contributed by atoms with Gasteiger partial charge in [-0.25, -0.2) is 14.7 Å². The van der Waals surface area contributed by atoms with Crippen molar-refractivity contribution in [2.24, 2.45) is 4.99 Å². The van der Waals surface area contributed by atoms with E-state index in [9.17, 15) is 5.11 Å². The van der Waals surface area contributed by atoms with Crippen molar-refractivity contribution in [1.82, 2.24) is 25.4 Å². The first-order valence-electron chi connectivity index (χ1n) is 9.43. The lowest BCUT2D eigenvalue weighted by Crippen LogP contribution is -2.39. The van der Waals surface area contributed by atoms with Gasteiger partial charge >= 0.3 is 0 Å². The second kappa shape index (κ2) is 12.2. The summed E-state index contributed by atoms with van der Waals surface area (Å²) in [4.78, 5) is 9.00. The standard InChI is InChI=1S/C21H26N6O.HI/c1-2-22-21(25-15-19(16-28)18-7-4-3-5-8-18)24-14-17-9-11-23-20(13-17)27-12-6-10-26-27;/h3-13,19,28H,2,14-16H2,1H3,(H2,22,24,25);1H. The predicted molar refractivity (Wildman–Crippen MR) is 126 cm³/mol. The zero-order valence-corrected chi connectivity index (χ0v) is 18.7. The molecule has 0 spiro atoms. The van der Waals surface area contributed by atoms with Crippen molar-refractivity contribution in [3.8, 4) is 5.82 Å². The molecule has 29 heavy (non-hydrogen) atoms. The molecule has 0 bridgehead atoms. The first-order chi connectivity index (χ1) is 13.8. The lowest BCUT2D eigenvalue weighted by Gasteiger charge is -2.18. The number of rotatable bonds is 8. The van der Waals surface area contributed by atoms with Crippen LogP contribution in [0.2, 0.25) is 0 Å². The Hall–Kier alpha value is -2.46. The van der Waals surface area contributed by atoms with Gasteiger partial charge in [0.05, 0.1) is 13.2 Å². The van der Waals surface area contributed by atoms with E-state index in [0.29, 0.717) is 19.0 Å². The monoisotopic (exact) mass is 506 g/mol. The van der Waals surface area contributed by atoms with Crippen molar-refractivity contribution in [3.63, 3.8) is 0 Å². The third kappa shape index (κ3) is 6.82. The van der Waals surface area contributed by atoms with Gasteiger partial charge in [0.15, 0.2) is 11.8 Å². The van der Waals surface area contributed by atoms with Crippen LogP contribution in [-0.2, 0) is 6.54 Å². The molecule has 2 heterocycles. The van der Waals surface area contributed by atoms with Gasteiger partial charge in [0, 0.05) is 37.6 Å². The predicted octanol–water partition coefficient (Wildman–Crippen LogP) is 2.72. The average Bonchev–Trinajstić information content (AvgIpc) is 3.28. The number of nitrogens with one attached hydrogen (secondary N) is 2. The van der Waals surface area contributed by atoms with E-state index in [1.54, 1.807) is 17.1 Å². The van der Waals surface area contributed by atoms with Gasteiger partial charge in [0.1, 0.15) is 0 Å². The molecule has 2 aromatic heterocycles. The Morgan fingerprint density at radius 2 is 1.97 bits per heavy atom. The molecule has 0 aliphatic carbocycles. The Labute approximate surface area is 188 Å². The number of aliphatic hydroxyl groups is 1. The number of nitrogens with zero attached hydrogens (tertiary/aromatic N) is 4. The van der Waals surface area contributed by atoms with Crippen LogP contribution < -0.4 is 10.6 Å². The highest BCUT2D eigenvalue weighted by atomic mass is 127. The zero-order valence-electron chi connectivity index (χ0n) is 16.4. The Balaban J connectivity index is 0.00000300. The van der Waals surface area contributed by atoms with Crippen molar-refractivity contribution in [2.45, 2.75) is 19.4 Å². The van der Waals surface area contributed by atoms with Gasteiger partial charge in [-0.05, 0) is 36.2 Å². The normalized spacial score (nSPS) is 12.1. The molecule has 1 unspecified atom stereocenters. The minimum atomic E-state index is 0. The molecular formula is C21H27IN6O. The van der Waals surface area contributed by atoms with E-state index in [1.165, 1.54) is 0 Å². The highest BCUT2D eigenvalue weighted by molar-refractivity contribution is 14.0. The summed E-state index contributed by atoms with van der Waals surface area (Å²) in [5.74, 6) is 1.49.